The molecule has 0 amide bonds. The molecular weight excluding hydrogens is 190 g/mol. The summed E-state index contributed by atoms with van der Waals surface area (Å²) in [6.45, 7) is 0. The van der Waals surface area contributed by atoms with Gasteiger partial charge in [0.05, 0.1) is 0 Å². The molecule has 3 rings (SSSR count). The second-order valence-electron chi connectivity index (χ2n) is 3.62. The van der Waals surface area contributed by atoms with E-state index in [0.717, 1.165) is 24.3 Å². The van der Waals surface area contributed by atoms with Crippen LogP contribution in [-0.2, 0) is 0 Å². The summed E-state index contributed by atoms with van der Waals surface area (Å²) in [5, 5.41) is 11.3. The Balaban J connectivity index is 1.92. The second kappa shape index (κ2) is 3.34. The zero-order valence-electron chi connectivity index (χ0n) is 8.17. The van der Waals surface area contributed by atoms with Gasteiger partial charge in [-0.2, -0.15) is 0 Å². The van der Waals surface area contributed by atoms with Crippen LogP contribution >= 0.6 is 0 Å². The van der Waals surface area contributed by atoms with Gasteiger partial charge in [0.2, 0.25) is 5.65 Å². The van der Waals surface area contributed by atoms with Gasteiger partial charge in [-0.1, -0.05) is 12.2 Å². The smallest absolute Gasteiger partial charge is 0.203 e. The van der Waals surface area contributed by atoms with E-state index in [1.807, 2.05) is 10.6 Å². The summed E-state index contributed by atoms with van der Waals surface area (Å²) in [5.41, 5.74) is 0.782. The van der Waals surface area contributed by atoms with Gasteiger partial charge < -0.3 is 5.32 Å². The molecule has 15 heavy (non-hydrogen) atoms. The van der Waals surface area contributed by atoms with Crippen LogP contribution in [-0.4, -0.2) is 25.6 Å². The molecular formula is C10H11N5. The lowest BCUT2D eigenvalue weighted by atomic mass is 10.2. The molecule has 5 heteroatoms. The zero-order valence-corrected chi connectivity index (χ0v) is 8.17. The van der Waals surface area contributed by atoms with E-state index in [2.05, 4.69) is 32.7 Å². The quantitative estimate of drug-likeness (QED) is 0.743. The first-order valence-corrected chi connectivity index (χ1v) is 4.99. The van der Waals surface area contributed by atoms with Crippen LogP contribution in [0.15, 0.2) is 30.9 Å². The molecule has 0 radical (unpaired) electrons. The minimum absolute atomic E-state index is 0.445. The van der Waals surface area contributed by atoms with Crippen LogP contribution in [0, 0.1) is 0 Å². The molecule has 0 bridgehead atoms. The summed E-state index contributed by atoms with van der Waals surface area (Å²) >= 11 is 0. The summed E-state index contributed by atoms with van der Waals surface area (Å²) in [7, 11) is 0. The molecule has 0 fully saturated rings. The molecule has 0 saturated carbocycles. The molecule has 2 aromatic heterocycles. The highest BCUT2D eigenvalue weighted by atomic mass is 15.2. The van der Waals surface area contributed by atoms with Gasteiger partial charge in [0, 0.05) is 18.4 Å². The normalized spacial score (nSPS) is 16.3. The van der Waals surface area contributed by atoms with Crippen molar-refractivity contribution in [2.24, 2.45) is 0 Å². The summed E-state index contributed by atoms with van der Waals surface area (Å²) in [6, 6.07) is 0.445. The maximum absolute atomic E-state index is 4.28. The minimum atomic E-state index is 0.445. The number of rotatable bonds is 2. The summed E-state index contributed by atoms with van der Waals surface area (Å²) < 4.78 is 1.86. The molecule has 1 aliphatic rings. The molecule has 5 nitrogen and oxygen atoms in total. The lowest BCUT2D eigenvalue weighted by Gasteiger charge is -2.12. The average molecular weight is 201 g/mol. The third-order valence-electron chi connectivity index (χ3n) is 2.56. The number of nitrogens with one attached hydrogen (secondary N) is 1. The predicted molar refractivity (Wildman–Crippen MR) is 56.6 cm³/mol. The Morgan fingerprint density at radius 1 is 1.33 bits per heavy atom. The van der Waals surface area contributed by atoms with Gasteiger partial charge in [0.15, 0.2) is 5.82 Å². The van der Waals surface area contributed by atoms with E-state index in [9.17, 15) is 0 Å². The molecule has 0 aromatic carbocycles. The van der Waals surface area contributed by atoms with Crippen molar-refractivity contribution in [1.82, 2.24) is 19.6 Å². The van der Waals surface area contributed by atoms with Gasteiger partial charge in [-0.15, -0.1) is 10.2 Å². The fourth-order valence-electron chi connectivity index (χ4n) is 1.79. The zero-order chi connectivity index (χ0) is 10.1. The first-order valence-electron chi connectivity index (χ1n) is 4.99. The lowest BCUT2D eigenvalue weighted by molar-refractivity contribution is 0.780. The van der Waals surface area contributed by atoms with E-state index >= 15 is 0 Å². The number of hydrogen-bond acceptors (Lipinski definition) is 4. The minimum Gasteiger partial charge on any atom is -0.364 e. The highest BCUT2D eigenvalue weighted by molar-refractivity contribution is 5.61. The maximum Gasteiger partial charge on any atom is 0.203 e. The van der Waals surface area contributed by atoms with Crippen LogP contribution in [0.3, 0.4) is 0 Å². The molecule has 76 valence electrons. The van der Waals surface area contributed by atoms with E-state index in [-0.39, 0.29) is 0 Å². The molecule has 0 spiro atoms. The standard InChI is InChI=1S/C10H11N5/c1-2-4-8(3-1)13-9-10-14-12-7-15(10)6-5-11-9/h1-2,5-8H,3-4H2,(H,11,13). The largest absolute Gasteiger partial charge is 0.364 e. The van der Waals surface area contributed by atoms with Crippen LogP contribution < -0.4 is 5.32 Å². The van der Waals surface area contributed by atoms with Crippen molar-refractivity contribution >= 4 is 11.5 Å². The lowest BCUT2D eigenvalue weighted by Crippen LogP contribution is -2.16. The molecule has 0 saturated heterocycles. The van der Waals surface area contributed by atoms with E-state index in [1.54, 1.807) is 12.5 Å². The molecule has 0 aliphatic heterocycles. The van der Waals surface area contributed by atoms with E-state index in [0.29, 0.717) is 6.04 Å². The third kappa shape index (κ3) is 1.45. The monoisotopic (exact) mass is 201 g/mol. The van der Waals surface area contributed by atoms with Gasteiger partial charge in [0.25, 0.3) is 0 Å². The van der Waals surface area contributed by atoms with Crippen molar-refractivity contribution in [3.05, 3.63) is 30.9 Å². The van der Waals surface area contributed by atoms with Crippen molar-refractivity contribution in [1.29, 1.82) is 0 Å². The number of anilines is 1. The molecule has 0 unspecified atom stereocenters. The summed E-state index contributed by atoms with van der Waals surface area (Å²) in [4.78, 5) is 4.28. The van der Waals surface area contributed by atoms with Crippen molar-refractivity contribution in [2.75, 3.05) is 5.32 Å². The molecule has 2 aromatic rings. The van der Waals surface area contributed by atoms with Crippen molar-refractivity contribution in [3.63, 3.8) is 0 Å². The molecule has 0 atom stereocenters. The Morgan fingerprint density at radius 3 is 3.07 bits per heavy atom. The van der Waals surface area contributed by atoms with Gasteiger partial charge >= 0.3 is 0 Å². The SMILES string of the molecule is C1=CCC(Nc2nccn3cnnc23)C1. The Bertz CT molecular complexity index is 493. The highest BCUT2D eigenvalue weighted by Gasteiger charge is 2.12. The van der Waals surface area contributed by atoms with E-state index < -0.39 is 0 Å². The number of hydrogen-bond donors (Lipinski definition) is 1. The van der Waals surface area contributed by atoms with E-state index in [4.69, 9.17) is 0 Å². The van der Waals surface area contributed by atoms with Gasteiger partial charge in [-0.3, -0.25) is 4.40 Å². The second-order valence-corrected chi connectivity index (χ2v) is 3.62. The van der Waals surface area contributed by atoms with E-state index in [1.165, 1.54) is 0 Å². The summed E-state index contributed by atoms with van der Waals surface area (Å²) in [5.74, 6) is 0.809. The predicted octanol–water partition coefficient (Wildman–Crippen LogP) is 1.25. The van der Waals surface area contributed by atoms with Gasteiger partial charge in [0.1, 0.15) is 6.33 Å². The van der Waals surface area contributed by atoms with Crippen molar-refractivity contribution in [3.8, 4) is 0 Å². The molecule has 1 N–H and O–H groups in total. The van der Waals surface area contributed by atoms with Crippen molar-refractivity contribution < 1.29 is 0 Å². The highest BCUT2D eigenvalue weighted by Crippen LogP contribution is 2.17. The van der Waals surface area contributed by atoms with Gasteiger partial charge in [-0.05, 0) is 12.8 Å². The molecule has 2 heterocycles. The Morgan fingerprint density at radius 2 is 2.20 bits per heavy atom. The molecule has 1 aliphatic carbocycles. The first kappa shape index (κ1) is 8.40. The fourth-order valence-corrected chi connectivity index (χ4v) is 1.79. The number of fused-ring (bicyclic) bond motifs is 1. The summed E-state index contributed by atoms with van der Waals surface area (Å²) in [6.07, 6.45) is 11.7. The van der Waals surface area contributed by atoms with Crippen LogP contribution in [0.5, 0.6) is 0 Å². The van der Waals surface area contributed by atoms with Crippen LogP contribution in [0.4, 0.5) is 5.82 Å². The maximum atomic E-state index is 4.28. The number of nitrogens with zero attached hydrogens (tertiary/aromatic N) is 4. The fraction of sp³-hybridized carbons (Fsp3) is 0.300. The van der Waals surface area contributed by atoms with Gasteiger partial charge in [-0.25, -0.2) is 4.98 Å². The average Bonchev–Trinajstić information content (AvgIpc) is 2.87. The Hall–Kier alpha value is -1.91. The Kier molecular flexibility index (Phi) is 1.87. The van der Waals surface area contributed by atoms with Crippen LogP contribution in [0.2, 0.25) is 0 Å². The van der Waals surface area contributed by atoms with Crippen LogP contribution in [0.1, 0.15) is 12.8 Å². The van der Waals surface area contributed by atoms with Crippen LogP contribution in [0.25, 0.3) is 5.65 Å². The topological polar surface area (TPSA) is 55.1 Å². The first-order chi connectivity index (χ1) is 7.43. The number of aromatic nitrogens is 4. The van der Waals surface area contributed by atoms with Crippen molar-refractivity contribution in [2.45, 2.75) is 18.9 Å². The Labute approximate surface area is 86.9 Å². The third-order valence-corrected chi connectivity index (χ3v) is 2.56.